The Hall–Kier alpha value is -4.17. The molecule has 168 valence electrons. The van der Waals surface area contributed by atoms with Crippen molar-refractivity contribution in [3.63, 3.8) is 0 Å². The van der Waals surface area contributed by atoms with Crippen LogP contribution in [0.1, 0.15) is 26.5 Å². The summed E-state index contributed by atoms with van der Waals surface area (Å²) in [5, 5.41) is 2.74. The maximum atomic E-state index is 13.1. The molecule has 1 aliphatic rings. The molecular formula is C25H22N2O6. The molecule has 0 radical (unpaired) electrons. The van der Waals surface area contributed by atoms with E-state index in [4.69, 9.17) is 13.9 Å². The Labute approximate surface area is 190 Å². The SMILES string of the molecule is O=C(N/C(=C/c1ccc(OC(=O)c2ccco2)cc1)C(=O)N1CCOCC1)c1ccccc1. The van der Waals surface area contributed by atoms with Crippen molar-refractivity contribution in [3.8, 4) is 5.75 Å². The first-order valence-electron chi connectivity index (χ1n) is 10.4. The third-order valence-corrected chi connectivity index (χ3v) is 4.94. The fourth-order valence-corrected chi connectivity index (χ4v) is 3.22. The molecule has 2 aromatic carbocycles. The van der Waals surface area contributed by atoms with Crippen molar-refractivity contribution in [2.45, 2.75) is 0 Å². The number of nitrogens with zero attached hydrogens (tertiary/aromatic N) is 1. The van der Waals surface area contributed by atoms with Crippen LogP contribution in [0, 0.1) is 0 Å². The number of ether oxygens (including phenoxy) is 2. The molecule has 2 heterocycles. The van der Waals surface area contributed by atoms with Crippen molar-refractivity contribution in [1.29, 1.82) is 0 Å². The van der Waals surface area contributed by atoms with Crippen molar-refractivity contribution >= 4 is 23.9 Å². The highest BCUT2D eigenvalue weighted by Gasteiger charge is 2.22. The Morgan fingerprint density at radius 2 is 1.64 bits per heavy atom. The number of furan rings is 1. The predicted octanol–water partition coefficient (Wildman–Crippen LogP) is 3.13. The molecule has 1 fully saturated rings. The van der Waals surface area contributed by atoms with Crippen LogP contribution in [0.2, 0.25) is 0 Å². The van der Waals surface area contributed by atoms with Crippen molar-refractivity contribution in [2.75, 3.05) is 26.3 Å². The van der Waals surface area contributed by atoms with Gasteiger partial charge in [-0.1, -0.05) is 30.3 Å². The molecule has 3 aromatic rings. The average molecular weight is 446 g/mol. The lowest BCUT2D eigenvalue weighted by molar-refractivity contribution is -0.131. The van der Waals surface area contributed by atoms with Crippen LogP contribution in [0.5, 0.6) is 5.75 Å². The maximum Gasteiger partial charge on any atom is 0.379 e. The van der Waals surface area contributed by atoms with Gasteiger partial charge in [-0.25, -0.2) is 4.79 Å². The molecule has 4 rings (SSSR count). The van der Waals surface area contributed by atoms with E-state index >= 15 is 0 Å². The lowest BCUT2D eigenvalue weighted by Crippen LogP contribution is -2.44. The summed E-state index contributed by atoms with van der Waals surface area (Å²) in [6, 6.07) is 18.4. The fourth-order valence-electron chi connectivity index (χ4n) is 3.22. The predicted molar refractivity (Wildman–Crippen MR) is 119 cm³/mol. The number of esters is 1. The van der Waals surface area contributed by atoms with Gasteiger partial charge < -0.3 is 24.1 Å². The summed E-state index contributed by atoms with van der Waals surface area (Å²) in [6.07, 6.45) is 2.98. The van der Waals surface area contributed by atoms with Gasteiger partial charge in [0.2, 0.25) is 5.76 Å². The zero-order valence-electron chi connectivity index (χ0n) is 17.7. The van der Waals surface area contributed by atoms with E-state index in [0.29, 0.717) is 43.2 Å². The van der Waals surface area contributed by atoms with E-state index in [-0.39, 0.29) is 23.3 Å². The first-order valence-corrected chi connectivity index (χ1v) is 10.4. The monoisotopic (exact) mass is 446 g/mol. The quantitative estimate of drug-likeness (QED) is 0.355. The van der Waals surface area contributed by atoms with Crippen molar-refractivity contribution < 1.29 is 28.3 Å². The van der Waals surface area contributed by atoms with Crippen molar-refractivity contribution in [3.05, 3.63) is 95.6 Å². The van der Waals surface area contributed by atoms with Crippen LogP contribution in [-0.2, 0) is 9.53 Å². The van der Waals surface area contributed by atoms with E-state index < -0.39 is 5.97 Å². The smallest absolute Gasteiger partial charge is 0.379 e. The zero-order valence-corrected chi connectivity index (χ0v) is 17.7. The summed E-state index contributed by atoms with van der Waals surface area (Å²) in [5.74, 6) is -0.867. The number of rotatable bonds is 6. The molecule has 0 bridgehead atoms. The van der Waals surface area contributed by atoms with E-state index in [9.17, 15) is 14.4 Å². The minimum absolute atomic E-state index is 0.0981. The summed E-state index contributed by atoms with van der Waals surface area (Å²) >= 11 is 0. The number of hydrogen-bond donors (Lipinski definition) is 1. The Bertz CT molecular complexity index is 1130. The van der Waals surface area contributed by atoms with Crippen LogP contribution in [0.15, 0.2) is 83.1 Å². The van der Waals surface area contributed by atoms with Gasteiger partial charge in [0.05, 0.1) is 19.5 Å². The first kappa shape index (κ1) is 22.0. The number of amides is 2. The molecule has 0 saturated carbocycles. The van der Waals surface area contributed by atoms with E-state index in [2.05, 4.69) is 5.32 Å². The maximum absolute atomic E-state index is 13.1. The first-order chi connectivity index (χ1) is 16.1. The Balaban J connectivity index is 1.53. The van der Waals surface area contributed by atoms with Gasteiger partial charge in [-0.15, -0.1) is 0 Å². The summed E-state index contributed by atoms with van der Waals surface area (Å²) in [6.45, 7) is 1.78. The van der Waals surface area contributed by atoms with Gasteiger partial charge in [0, 0.05) is 18.7 Å². The molecule has 2 amide bonds. The number of carbonyl (C=O) groups excluding carboxylic acids is 3. The molecule has 1 aromatic heterocycles. The highest BCUT2D eigenvalue weighted by atomic mass is 16.5. The second-order valence-electron chi connectivity index (χ2n) is 7.22. The van der Waals surface area contributed by atoms with E-state index in [1.165, 1.54) is 12.3 Å². The number of hydrogen-bond acceptors (Lipinski definition) is 6. The molecule has 8 heteroatoms. The summed E-state index contributed by atoms with van der Waals surface area (Å²) in [5.41, 5.74) is 1.24. The second-order valence-corrected chi connectivity index (χ2v) is 7.22. The van der Waals surface area contributed by atoms with Gasteiger partial charge >= 0.3 is 5.97 Å². The van der Waals surface area contributed by atoms with Crippen molar-refractivity contribution in [2.24, 2.45) is 0 Å². The summed E-state index contributed by atoms with van der Waals surface area (Å²) in [7, 11) is 0. The summed E-state index contributed by atoms with van der Waals surface area (Å²) in [4.78, 5) is 39.5. The van der Waals surface area contributed by atoms with E-state index in [1.54, 1.807) is 65.6 Å². The Kier molecular flexibility index (Phi) is 6.96. The van der Waals surface area contributed by atoms with Gasteiger partial charge in [0.1, 0.15) is 11.4 Å². The number of nitrogens with one attached hydrogen (secondary N) is 1. The van der Waals surface area contributed by atoms with Gasteiger partial charge in [-0.2, -0.15) is 0 Å². The lowest BCUT2D eigenvalue weighted by atomic mass is 10.1. The van der Waals surface area contributed by atoms with Crippen LogP contribution < -0.4 is 10.1 Å². The van der Waals surface area contributed by atoms with E-state index in [0.717, 1.165) is 0 Å². The number of carbonyl (C=O) groups is 3. The second kappa shape index (κ2) is 10.4. The summed E-state index contributed by atoms with van der Waals surface area (Å²) < 4.78 is 15.6. The molecule has 1 saturated heterocycles. The molecule has 0 atom stereocenters. The minimum Gasteiger partial charge on any atom is -0.457 e. The molecule has 1 aliphatic heterocycles. The molecule has 1 N–H and O–H groups in total. The van der Waals surface area contributed by atoms with Crippen LogP contribution in [-0.4, -0.2) is 49.0 Å². The van der Waals surface area contributed by atoms with Gasteiger partial charge in [0.15, 0.2) is 0 Å². The average Bonchev–Trinajstić information content (AvgIpc) is 3.41. The highest BCUT2D eigenvalue weighted by molar-refractivity contribution is 6.05. The molecule has 0 unspecified atom stereocenters. The minimum atomic E-state index is -0.610. The molecular weight excluding hydrogens is 424 g/mol. The van der Waals surface area contributed by atoms with E-state index in [1.807, 2.05) is 6.07 Å². The fraction of sp³-hybridized carbons (Fsp3) is 0.160. The van der Waals surface area contributed by atoms with Crippen LogP contribution in [0.4, 0.5) is 0 Å². The number of benzene rings is 2. The van der Waals surface area contributed by atoms with Gasteiger partial charge in [0.25, 0.3) is 11.8 Å². The highest BCUT2D eigenvalue weighted by Crippen LogP contribution is 2.17. The Morgan fingerprint density at radius 1 is 0.909 bits per heavy atom. The molecule has 8 nitrogen and oxygen atoms in total. The van der Waals surface area contributed by atoms with Gasteiger partial charge in [-0.3, -0.25) is 9.59 Å². The Morgan fingerprint density at radius 3 is 2.30 bits per heavy atom. The largest absolute Gasteiger partial charge is 0.457 e. The molecule has 0 aliphatic carbocycles. The standard InChI is InChI=1S/C25H22N2O6/c28-23(19-5-2-1-3-6-19)26-21(24(29)27-12-15-31-16-13-27)17-18-8-10-20(11-9-18)33-25(30)22-7-4-14-32-22/h1-11,14,17H,12-13,15-16H2,(H,26,28)/b21-17+. The third-order valence-electron chi connectivity index (χ3n) is 4.94. The number of morpholine rings is 1. The zero-order chi connectivity index (χ0) is 23.0. The topological polar surface area (TPSA) is 98.1 Å². The molecule has 33 heavy (non-hydrogen) atoms. The normalized spacial score (nSPS) is 13.9. The van der Waals surface area contributed by atoms with Crippen LogP contribution in [0.3, 0.4) is 0 Å². The molecule has 0 spiro atoms. The lowest BCUT2D eigenvalue weighted by Gasteiger charge is -2.27. The van der Waals surface area contributed by atoms with Gasteiger partial charge in [-0.05, 0) is 48.0 Å². The van der Waals surface area contributed by atoms with Crippen LogP contribution in [0.25, 0.3) is 6.08 Å². The third kappa shape index (κ3) is 5.75. The van der Waals surface area contributed by atoms with Crippen molar-refractivity contribution in [1.82, 2.24) is 10.2 Å². The van der Waals surface area contributed by atoms with Crippen LogP contribution >= 0.6 is 0 Å².